The molecule has 0 radical (unpaired) electrons. The SMILES string of the molecule is O=S(=O)(O)c1c(C(Cl)(Cl)Cl)nc2c(Cl)cccc2c1-c1nc[nH]n1. The largest absolute Gasteiger partial charge is 0.297 e. The summed E-state index contributed by atoms with van der Waals surface area (Å²) in [6.45, 7) is 0. The van der Waals surface area contributed by atoms with Crippen LogP contribution in [-0.4, -0.2) is 33.1 Å². The third kappa shape index (κ3) is 3.05. The molecule has 3 aromatic rings. The first-order valence-electron chi connectivity index (χ1n) is 6.13. The van der Waals surface area contributed by atoms with Crippen LogP contribution in [0, 0.1) is 0 Å². The summed E-state index contributed by atoms with van der Waals surface area (Å²) in [5.41, 5.74) is -0.407. The molecule has 0 aliphatic heterocycles. The number of hydrogen-bond donors (Lipinski definition) is 2. The van der Waals surface area contributed by atoms with Crippen LogP contribution in [0.2, 0.25) is 5.02 Å². The van der Waals surface area contributed by atoms with Gasteiger partial charge in [0.1, 0.15) is 16.9 Å². The maximum atomic E-state index is 12.0. The highest BCUT2D eigenvalue weighted by Gasteiger charge is 2.37. The molecule has 2 aromatic heterocycles. The zero-order chi connectivity index (χ0) is 17.7. The number of para-hydroxylation sites is 1. The predicted octanol–water partition coefficient (Wildman–Crippen LogP) is 3.75. The van der Waals surface area contributed by atoms with Crippen LogP contribution in [0.15, 0.2) is 29.4 Å². The molecule has 0 aliphatic carbocycles. The van der Waals surface area contributed by atoms with Crippen molar-refractivity contribution in [2.24, 2.45) is 0 Å². The van der Waals surface area contributed by atoms with Crippen molar-refractivity contribution in [3.05, 3.63) is 35.2 Å². The number of nitrogens with one attached hydrogen (secondary N) is 1. The van der Waals surface area contributed by atoms with Gasteiger partial charge in [-0.25, -0.2) is 9.97 Å². The molecule has 1 aromatic carbocycles. The average molecular weight is 428 g/mol. The Morgan fingerprint density at radius 3 is 2.46 bits per heavy atom. The lowest BCUT2D eigenvalue weighted by molar-refractivity contribution is 0.482. The molecule has 0 saturated carbocycles. The van der Waals surface area contributed by atoms with E-state index in [4.69, 9.17) is 46.4 Å². The Hall–Kier alpha value is -1.16. The molecule has 2 heterocycles. The van der Waals surface area contributed by atoms with Crippen LogP contribution in [0.1, 0.15) is 5.69 Å². The number of pyridine rings is 1. The van der Waals surface area contributed by atoms with E-state index in [2.05, 4.69) is 20.2 Å². The highest BCUT2D eigenvalue weighted by Crippen LogP contribution is 2.45. The zero-order valence-corrected chi connectivity index (χ0v) is 15.2. The Kier molecular flexibility index (Phi) is 4.40. The fourth-order valence-electron chi connectivity index (χ4n) is 2.23. The van der Waals surface area contributed by atoms with E-state index in [-0.39, 0.29) is 27.3 Å². The molecule has 0 unspecified atom stereocenters. The molecule has 126 valence electrons. The normalized spacial score (nSPS) is 12.7. The molecule has 12 heteroatoms. The Balaban J connectivity index is 2.64. The molecule has 0 spiro atoms. The van der Waals surface area contributed by atoms with E-state index in [0.29, 0.717) is 0 Å². The van der Waals surface area contributed by atoms with Crippen molar-refractivity contribution in [3.8, 4) is 11.4 Å². The van der Waals surface area contributed by atoms with E-state index in [1.807, 2.05) is 0 Å². The van der Waals surface area contributed by atoms with Gasteiger partial charge in [0, 0.05) is 5.39 Å². The molecular formula is C12H6Cl4N4O3S. The lowest BCUT2D eigenvalue weighted by Gasteiger charge is -2.18. The van der Waals surface area contributed by atoms with E-state index < -0.39 is 24.5 Å². The zero-order valence-electron chi connectivity index (χ0n) is 11.3. The van der Waals surface area contributed by atoms with Crippen LogP contribution in [0.3, 0.4) is 0 Å². The third-order valence-corrected chi connectivity index (χ3v) is 4.84. The van der Waals surface area contributed by atoms with Gasteiger partial charge in [-0.05, 0) is 6.07 Å². The number of halogens is 4. The number of fused-ring (bicyclic) bond motifs is 1. The van der Waals surface area contributed by atoms with Gasteiger partial charge >= 0.3 is 0 Å². The summed E-state index contributed by atoms with van der Waals surface area (Å²) >= 11 is 23.7. The van der Waals surface area contributed by atoms with Crippen molar-refractivity contribution < 1.29 is 13.0 Å². The Bertz CT molecular complexity index is 1030. The second-order valence-electron chi connectivity index (χ2n) is 4.60. The van der Waals surface area contributed by atoms with Crippen LogP contribution in [0.4, 0.5) is 0 Å². The van der Waals surface area contributed by atoms with Crippen molar-refractivity contribution in [3.63, 3.8) is 0 Å². The fourth-order valence-corrected chi connectivity index (χ4v) is 3.93. The summed E-state index contributed by atoms with van der Waals surface area (Å²) in [6.07, 6.45) is 1.23. The second-order valence-corrected chi connectivity index (χ2v) is 8.64. The summed E-state index contributed by atoms with van der Waals surface area (Å²) in [7, 11) is -4.83. The number of benzene rings is 1. The van der Waals surface area contributed by atoms with Gasteiger partial charge < -0.3 is 0 Å². The van der Waals surface area contributed by atoms with E-state index in [9.17, 15) is 13.0 Å². The smallest absolute Gasteiger partial charge is 0.282 e. The topological polar surface area (TPSA) is 109 Å². The molecule has 0 amide bonds. The number of nitrogens with zero attached hydrogens (tertiary/aromatic N) is 3. The number of aromatic amines is 1. The lowest BCUT2D eigenvalue weighted by Crippen LogP contribution is -2.15. The van der Waals surface area contributed by atoms with Gasteiger partial charge in [0.25, 0.3) is 10.1 Å². The van der Waals surface area contributed by atoms with Gasteiger partial charge in [-0.15, -0.1) is 0 Å². The third-order valence-electron chi connectivity index (χ3n) is 3.09. The van der Waals surface area contributed by atoms with Crippen molar-refractivity contribution in [2.45, 2.75) is 8.69 Å². The molecule has 7 nitrogen and oxygen atoms in total. The van der Waals surface area contributed by atoms with Gasteiger partial charge in [0.05, 0.1) is 16.1 Å². The molecule has 0 fully saturated rings. The average Bonchev–Trinajstić information content (AvgIpc) is 2.97. The molecule has 24 heavy (non-hydrogen) atoms. The number of rotatable bonds is 2. The first kappa shape index (κ1) is 17.7. The van der Waals surface area contributed by atoms with Gasteiger partial charge in [0.15, 0.2) is 5.82 Å². The minimum atomic E-state index is -4.83. The maximum Gasteiger partial charge on any atom is 0.297 e. The van der Waals surface area contributed by atoms with Crippen LogP contribution in [0.5, 0.6) is 0 Å². The molecule has 0 saturated heterocycles. The number of hydrogen-bond acceptors (Lipinski definition) is 5. The minimum Gasteiger partial charge on any atom is -0.282 e. The first-order chi connectivity index (χ1) is 11.1. The summed E-state index contributed by atoms with van der Waals surface area (Å²) in [5.74, 6) is -0.0345. The molecule has 0 aliphatic rings. The van der Waals surface area contributed by atoms with Crippen LogP contribution in [-0.2, 0) is 13.9 Å². The molecule has 2 N–H and O–H groups in total. The fraction of sp³-hybridized carbons (Fsp3) is 0.0833. The molecule has 0 atom stereocenters. The summed E-state index contributed by atoms with van der Waals surface area (Å²) in [5, 5.41) is 6.77. The first-order valence-corrected chi connectivity index (χ1v) is 9.09. The van der Waals surface area contributed by atoms with E-state index >= 15 is 0 Å². The van der Waals surface area contributed by atoms with Gasteiger partial charge in [-0.2, -0.15) is 13.5 Å². The highest BCUT2D eigenvalue weighted by atomic mass is 35.6. The summed E-state index contributed by atoms with van der Waals surface area (Å²) in [6, 6.07) is 4.65. The lowest BCUT2D eigenvalue weighted by atomic mass is 10.1. The van der Waals surface area contributed by atoms with Crippen LogP contribution >= 0.6 is 46.4 Å². The van der Waals surface area contributed by atoms with Crippen LogP contribution < -0.4 is 0 Å². The van der Waals surface area contributed by atoms with Crippen molar-refractivity contribution in [1.29, 1.82) is 0 Å². The Labute approximate surface area is 155 Å². The van der Waals surface area contributed by atoms with E-state index in [1.165, 1.54) is 18.5 Å². The quantitative estimate of drug-likeness (QED) is 0.476. The number of H-pyrrole nitrogens is 1. The molecule has 0 bridgehead atoms. The number of alkyl halides is 3. The molecule has 3 rings (SSSR count). The maximum absolute atomic E-state index is 12.0. The van der Waals surface area contributed by atoms with Crippen LogP contribution in [0.25, 0.3) is 22.3 Å². The van der Waals surface area contributed by atoms with E-state index in [1.54, 1.807) is 6.07 Å². The van der Waals surface area contributed by atoms with E-state index in [0.717, 1.165) is 0 Å². The monoisotopic (exact) mass is 426 g/mol. The number of aromatic nitrogens is 4. The predicted molar refractivity (Wildman–Crippen MR) is 91.2 cm³/mol. The summed E-state index contributed by atoms with van der Waals surface area (Å²) < 4.78 is 31.4. The van der Waals surface area contributed by atoms with Crippen molar-refractivity contribution >= 4 is 67.4 Å². The Morgan fingerprint density at radius 2 is 1.92 bits per heavy atom. The van der Waals surface area contributed by atoms with Gasteiger partial charge in [-0.1, -0.05) is 58.5 Å². The van der Waals surface area contributed by atoms with Gasteiger partial charge in [0.2, 0.25) is 3.79 Å². The summed E-state index contributed by atoms with van der Waals surface area (Å²) in [4.78, 5) is 7.27. The van der Waals surface area contributed by atoms with Gasteiger partial charge in [-0.3, -0.25) is 9.65 Å². The van der Waals surface area contributed by atoms with Crippen molar-refractivity contribution in [1.82, 2.24) is 20.2 Å². The standard InChI is InChI=1S/C12H6Cl4N4O3S/c13-6-3-1-2-5-7(11-17-4-18-20-11)9(24(21,22)23)10(12(14,15)16)19-8(5)6/h1-4H,(H,17,18,20)(H,21,22,23). The highest BCUT2D eigenvalue weighted by molar-refractivity contribution is 7.86. The minimum absolute atomic E-state index is 0.0345. The molecular weight excluding hydrogens is 422 g/mol. The Morgan fingerprint density at radius 1 is 1.21 bits per heavy atom. The second kappa shape index (κ2) is 5.98. The van der Waals surface area contributed by atoms with Crippen molar-refractivity contribution in [2.75, 3.05) is 0 Å².